The zero-order valence-electron chi connectivity index (χ0n) is 8.37. The molecule has 1 heterocycles. The largest absolute Gasteiger partial charge is 0.330 e. The van der Waals surface area contributed by atoms with Crippen molar-refractivity contribution in [1.29, 1.82) is 5.26 Å². The molecule has 5 nitrogen and oxygen atoms in total. The highest BCUT2D eigenvalue weighted by molar-refractivity contribution is 5.19. The maximum atomic E-state index is 11.5. The van der Waals surface area contributed by atoms with Crippen LogP contribution < -0.4 is 11.2 Å². The van der Waals surface area contributed by atoms with Gasteiger partial charge in [0.1, 0.15) is 0 Å². The van der Waals surface area contributed by atoms with Gasteiger partial charge in [-0.25, -0.2) is 4.79 Å². The molecule has 14 heavy (non-hydrogen) atoms. The zero-order valence-corrected chi connectivity index (χ0v) is 8.37. The molecule has 1 rings (SSSR count). The molecule has 1 aromatic rings. The lowest BCUT2D eigenvalue weighted by Gasteiger charge is -2.09. The first kappa shape index (κ1) is 10.3. The molecule has 0 aliphatic heterocycles. The highest BCUT2D eigenvalue weighted by atomic mass is 16.2. The molecular formula is C9H11N3O2. The van der Waals surface area contributed by atoms with Crippen LogP contribution >= 0.6 is 0 Å². The zero-order chi connectivity index (χ0) is 10.9. The van der Waals surface area contributed by atoms with Gasteiger partial charge < -0.3 is 0 Å². The molecule has 0 N–H and O–H groups in total. The van der Waals surface area contributed by atoms with E-state index in [9.17, 15) is 9.59 Å². The molecule has 0 atom stereocenters. The summed E-state index contributed by atoms with van der Waals surface area (Å²) in [4.78, 5) is 22.9. The smallest absolute Gasteiger partial charge is 0.299 e. The van der Waals surface area contributed by atoms with E-state index in [4.69, 9.17) is 5.26 Å². The minimum absolute atomic E-state index is 0.0770. The summed E-state index contributed by atoms with van der Waals surface area (Å²) >= 11 is 0. The van der Waals surface area contributed by atoms with Crippen LogP contribution in [0.25, 0.3) is 0 Å². The third-order valence-corrected chi connectivity index (χ3v) is 2.28. The predicted molar refractivity (Wildman–Crippen MR) is 51.0 cm³/mol. The van der Waals surface area contributed by atoms with Crippen LogP contribution in [0.5, 0.6) is 0 Å². The third-order valence-electron chi connectivity index (χ3n) is 2.28. The van der Waals surface area contributed by atoms with Crippen molar-refractivity contribution >= 4 is 0 Å². The molecule has 74 valence electrons. The van der Waals surface area contributed by atoms with Crippen molar-refractivity contribution in [3.63, 3.8) is 0 Å². The van der Waals surface area contributed by atoms with Gasteiger partial charge in [-0.15, -0.1) is 0 Å². The number of hydrogen-bond donors (Lipinski definition) is 0. The highest BCUT2D eigenvalue weighted by Gasteiger charge is 2.10. The van der Waals surface area contributed by atoms with Gasteiger partial charge in [-0.1, -0.05) is 0 Å². The normalized spacial score (nSPS) is 9.86. The maximum Gasteiger partial charge on any atom is 0.330 e. The summed E-state index contributed by atoms with van der Waals surface area (Å²) in [5, 5.41) is 8.55. The number of rotatable bonds is 1. The Morgan fingerprint density at radius 1 is 1.29 bits per heavy atom. The van der Waals surface area contributed by atoms with E-state index in [-0.39, 0.29) is 12.0 Å². The van der Waals surface area contributed by atoms with Gasteiger partial charge in [-0.05, 0) is 6.92 Å². The van der Waals surface area contributed by atoms with Crippen molar-refractivity contribution in [2.75, 3.05) is 0 Å². The molecule has 5 heteroatoms. The van der Waals surface area contributed by atoms with E-state index in [0.717, 1.165) is 4.57 Å². The van der Waals surface area contributed by atoms with Gasteiger partial charge in [0.15, 0.2) is 0 Å². The first-order valence-corrected chi connectivity index (χ1v) is 4.13. The third kappa shape index (κ3) is 1.35. The van der Waals surface area contributed by atoms with Crippen molar-refractivity contribution in [2.45, 2.75) is 13.3 Å². The van der Waals surface area contributed by atoms with Crippen molar-refractivity contribution < 1.29 is 0 Å². The standard InChI is InChI=1S/C9H11N3O2/c1-6-7(4-5-10)11(2)9(14)12(3)8(6)13/h4H2,1-3H3. The summed E-state index contributed by atoms with van der Waals surface area (Å²) in [5.41, 5.74) is 0.209. The Hall–Kier alpha value is -1.83. The average molecular weight is 193 g/mol. The summed E-state index contributed by atoms with van der Waals surface area (Å²) in [7, 11) is 2.98. The Kier molecular flexibility index (Phi) is 2.56. The van der Waals surface area contributed by atoms with Crippen molar-refractivity contribution in [1.82, 2.24) is 9.13 Å². The molecule has 0 unspecified atom stereocenters. The fourth-order valence-electron chi connectivity index (χ4n) is 1.38. The van der Waals surface area contributed by atoms with Crippen LogP contribution in [0, 0.1) is 18.3 Å². The maximum absolute atomic E-state index is 11.5. The summed E-state index contributed by atoms with van der Waals surface area (Å²) in [6, 6.07) is 1.93. The molecule has 0 amide bonds. The Labute approximate surface area is 80.8 Å². The molecule has 0 bridgehead atoms. The monoisotopic (exact) mass is 193 g/mol. The van der Waals surface area contributed by atoms with E-state index in [0.29, 0.717) is 11.3 Å². The Balaban J connectivity index is 3.71. The number of aromatic nitrogens is 2. The lowest BCUT2D eigenvalue weighted by molar-refractivity contribution is 0.650. The minimum atomic E-state index is -0.397. The van der Waals surface area contributed by atoms with Crippen LogP contribution in [0.3, 0.4) is 0 Å². The molecule has 0 aromatic carbocycles. The second kappa shape index (κ2) is 3.50. The van der Waals surface area contributed by atoms with Gasteiger partial charge in [0, 0.05) is 25.4 Å². The molecule has 1 aromatic heterocycles. The summed E-state index contributed by atoms with van der Waals surface area (Å²) in [6.07, 6.45) is 0.0770. The van der Waals surface area contributed by atoms with Gasteiger partial charge in [0.25, 0.3) is 5.56 Å². The Bertz CT molecular complexity index is 479. The quantitative estimate of drug-likeness (QED) is 0.601. The predicted octanol–water partition coefficient (Wildman–Crippen LogP) is -0.542. The second-order valence-corrected chi connectivity index (χ2v) is 3.11. The molecule has 0 radical (unpaired) electrons. The van der Waals surface area contributed by atoms with Crippen molar-refractivity contribution in [2.24, 2.45) is 14.1 Å². The molecule has 0 spiro atoms. The average Bonchev–Trinajstić information content (AvgIpc) is 2.19. The van der Waals surface area contributed by atoms with Gasteiger partial charge >= 0.3 is 5.69 Å². The summed E-state index contributed by atoms with van der Waals surface area (Å²) in [6.45, 7) is 1.62. The lowest BCUT2D eigenvalue weighted by atomic mass is 10.2. The number of nitrogens with zero attached hydrogens (tertiary/aromatic N) is 3. The van der Waals surface area contributed by atoms with Gasteiger partial charge in [0.05, 0.1) is 12.5 Å². The van der Waals surface area contributed by atoms with Crippen LogP contribution in [-0.2, 0) is 20.5 Å². The minimum Gasteiger partial charge on any atom is -0.299 e. The first-order chi connectivity index (χ1) is 6.50. The summed E-state index contributed by atoms with van der Waals surface area (Å²) in [5.74, 6) is 0. The topological polar surface area (TPSA) is 67.8 Å². The van der Waals surface area contributed by atoms with Gasteiger partial charge in [0.2, 0.25) is 0 Å². The van der Waals surface area contributed by atoms with Crippen LogP contribution in [0.15, 0.2) is 9.59 Å². The van der Waals surface area contributed by atoms with Crippen LogP contribution in [-0.4, -0.2) is 9.13 Å². The van der Waals surface area contributed by atoms with Crippen LogP contribution in [0.1, 0.15) is 11.3 Å². The highest BCUT2D eigenvalue weighted by Crippen LogP contribution is 1.98. The molecular weight excluding hydrogens is 182 g/mol. The molecule has 0 saturated carbocycles. The fourth-order valence-corrected chi connectivity index (χ4v) is 1.38. The number of nitriles is 1. The van der Waals surface area contributed by atoms with E-state index in [1.165, 1.54) is 11.6 Å². The van der Waals surface area contributed by atoms with Gasteiger partial charge in [-0.2, -0.15) is 5.26 Å². The Morgan fingerprint density at radius 3 is 2.36 bits per heavy atom. The number of hydrogen-bond acceptors (Lipinski definition) is 3. The van der Waals surface area contributed by atoms with Crippen LogP contribution in [0.4, 0.5) is 0 Å². The first-order valence-electron chi connectivity index (χ1n) is 4.13. The van der Waals surface area contributed by atoms with Gasteiger partial charge in [-0.3, -0.25) is 13.9 Å². The SMILES string of the molecule is Cc1c(CC#N)n(C)c(=O)n(C)c1=O. The molecule has 0 aliphatic rings. The molecule has 0 aliphatic carbocycles. The molecule has 0 fully saturated rings. The fraction of sp³-hybridized carbons (Fsp3) is 0.444. The van der Waals surface area contributed by atoms with E-state index in [1.807, 2.05) is 6.07 Å². The Morgan fingerprint density at radius 2 is 1.86 bits per heavy atom. The van der Waals surface area contributed by atoms with Crippen molar-refractivity contribution in [3.05, 3.63) is 32.1 Å². The summed E-state index contributed by atoms with van der Waals surface area (Å²) < 4.78 is 2.37. The van der Waals surface area contributed by atoms with E-state index < -0.39 is 5.69 Å². The molecule has 0 saturated heterocycles. The lowest BCUT2D eigenvalue weighted by Crippen LogP contribution is -2.40. The van der Waals surface area contributed by atoms with E-state index >= 15 is 0 Å². The van der Waals surface area contributed by atoms with E-state index in [2.05, 4.69) is 0 Å². The van der Waals surface area contributed by atoms with Crippen molar-refractivity contribution in [3.8, 4) is 6.07 Å². The van der Waals surface area contributed by atoms with E-state index in [1.54, 1.807) is 14.0 Å². The van der Waals surface area contributed by atoms with Crippen LogP contribution in [0.2, 0.25) is 0 Å². The second-order valence-electron chi connectivity index (χ2n) is 3.11.